The molecule has 0 atom stereocenters. The highest BCUT2D eigenvalue weighted by atomic mass is 16.2. The van der Waals surface area contributed by atoms with E-state index in [2.05, 4.69) is 33.3 Å². The molecule has 1 aliphatic carbocycles. The summed E-state index contributed by atoms with van der Waals surface area (Å²) in [6.45, 7) is 9.01. The summed E-state index contributed by atoms with van der Waals surface area (Å²) < 4.78 is 2.07. The van der Waals surface area contributed by atoms with Crippen LogP contribution in [0.15, 0.2) is 18.6 Å². The Kier molecular flexibility index (Phi) is 5.95. The second-order valence-electron chi connectivity index (χ2n) is 8.83. The molecule has 2 fully saturated rings. The number of carbonyl (C=O) groups excluding carboxylic acids is 1. The van der Waals surface area contributed by atoms with Crippen LogP contribution in [0.1, 0.15) is 62.7 Å². The van der Waals surface area contributed by atoms with Crippen LogP contribution in [0.25, 0.3) is 11.2 Å². The van der Waals surface area contributed by atoms with Crippen molar-refractivity contribution in [1.82, 2.24) is 24.3 Å². The van der Waals surface area contributed by atoms with Gasteiger partial charge in [-0.15, -0.1) is 0 Å². The van der Waals surface area contributed by atoms with Gasteiger partial charge in [-0.25, -0.2) is 9.97 Å². The number of pyridine rings is 1. The van der Waals surface area contributed by atoms with E-state index < -0.39 is 0 Å². The lowest BCUT2D eigenvalue weighted by atomic mass is 9.94. The number of fused-ring (bicyclic) bond motifs is 1. The van der Waals surface area contributed by atoms with Crippen molar-refractivity contribution in [2.24, 2.45) is 5.92 Å². The third-order valence-corrected chi connectivity index (χ3v) is 6.17. The van der Waals surface area contributed by atoms with Crippen LogP contribution in [0.4, 0.5) is 0 Å². The van der Waals surface area contributed by atoms with Gasteiger partial charge in [0, 0.05) is 45.0 Å². The Balaban J connectivity index is 1.43. The Bertz CT molecular complexity index is 808. The zero-order valence-corrected chi connectivity index (χ0v) is 17.3. The molecule has 0 unspecified atom stereocenters. The summed E-state index contributed by atoms with van der Waals surface area (Å²) >= 11 is 0. The van der Waals surface area contributed by atoms with Crippen molar-refractivity contribution in [2.45, 2.75) is 65.0 Å². The van der Waals surface area contributed by atoms with Gasteiger partial charge in [-0.05, 0) is 31.2 Å². The summed E-state index contributed by atoms with van der Waals surface area (Å²) in [6, 6.07) is 2.64. The maximum absolute atomic E-state index is 13.1. The van der Waals surface area contributed by atoms with Crippen LogP contribution < -0.4 is 0 Å². The maximum atomic E-state index is 13.1. The normalized spacial score (nSPS) is 20.0. The zero-order chi connectivity index (χ0) is 19.5. The monoisotopic (exact) mass is 383 g/mol. The van der Waals surface area contributed by atoms with E-state index in [1.54, 1.807) is 6.20 Å². The molecule has 2 aliphatic rings. The molecule has 1 amide bonds. The van der Waals surface area contributed by atoms with Gasteiger partial charge in [0.15, 0.2) is 5.65 Å². The van der Waals surface area contributed by atoms with Gasteiger partial charge in [-0.3, -0.25) is 9.69 Å². The van der Waals surface area contributed by atoms with Crippen molar-refractivity contribution < 1.29 is 4.79 Å². The summed E-state index contributed by atoms with van der Waals surface area (Å²) in [7, 11) is 0. The molecule has 0 radical (unpaired) electrons. The quantitative estimate of drug-likeness (QED) is 0.810. The first-order valence-electron chi connectivity index (χ1n) is 11.0. The Hall–Kier alpha value is -1.95. The molecule has 2 aromatic rings. The van der Waals surface area contributed by atoms with E-state index in [9.17, 15) is 4.79 Å². The minimum absolute atomic E-state index is 0.0957. The lowest BCUT2D eigenvalue weighted by Gasteiger charge is -2.33. The molecule has 28 heavy (non-hydrogen) atoms. The topological polar surface area (TPSA) is 54.3 Å². The second kappa shape index (κ2) is 8.60. The molecule has 0 N–H and O–H groups in total. The Morgan fingerprint density at radius 3 is 2.68 bits per heavy atom. The van der Waals surface area contributed by atoms with Crippen molar-refractivity contribution in [3.63, 3.8) is 0 Å². The molecular weight excluding hydrogens is 350 g/mol. The lowest BCUT2D eigenvalue weighted by Crippen LogP contribution is -2.40. The van der Waals surface area contributed by atoms with Crippen LogP contribution in [0.5, 0.6) is 0 Å². The van der Waals surface area contributed by atoms with Crippen molar-refractivity contribution in [1.29, 1.82) is 0 Å². The average molecular weight is 384 g/mol. The van der Waals surface area contributed by atoms with Gasteiger partial charge in [-0.1, -0.05) is 33.1 Å². The standard InChI is InChI=1S/C22H33N5O/c1-17(2)15-27-16-24-20-13-18(14-23-21(20)27)22(28)26-10-6-9-25(11-12-26)19-7-4-3-5-8-19/h13-14,16-17,19H,3-12,15H2,1-2H3. The molecule has 1 aliphatic heterocycles. The highest BCUT2D eigenvalue weighted by molar-refractivity contribution is 5.96. The molecule has 3 heterocycles. The van der Waals surface area contributed by atoms with Gasteiger partial charge in [0.2, 0.25) is 0 Å². The van der Waals surface area contributed by atoms with Gasteiger partial charge in [0.1, 0.15) is 5.52 Å². The summed E-state index contributed by atoms with van der Waals surface area (Å²) in [5.41, 5.74) is 2.34. The van der Waals surface area contributed by atoms with Crippen LogP contribution >= 0.6 is 0 Å². The van der Waals surface area contributed by atoms with Crippen molar-refractivity contribution in [2.75, 3.05) is 26.2 Å². The van der Waals surface area contributed by atoms with Crippen LogP contribution in [-0.4, -0.2) is 62.5 Å². The number of rotatable bonds is 4. The van der Waals surface area contributed by atoms with Gasteiger partial charge in [0.25, 0.3) is 5.91 Å². The maximum Gasteiger partial charge on any atom is 0.255 e. The SMILES string of the molecule is CC(C)Cn1cnc2cc(C(=O)N3CCCN(C4CCCCC4)CC3)cnc21. The fraction of sp³-hybridized carbons (Fsp3) is 0.682. The Labute approximate surface area is 167 Å². The minimum atomic E-state index is 0.0957. The first kappa shape index (κ1) is 19.4. The van der Waals surface area contributed by atoms with Gasteiger partial charge in [-0.2, -0.15) is 0 Å². The first-order valence-corrected chi connectivity index (χ1v) is 11.0. The van der Waals surface area contributed by atoms with Gasteiger partial charge >= 0.3 is 0 Å². The molecular formula is C22H33N5O. The second-order valence-corrected chi connectivity index (χ2v) is 8.83. The molecule has 6 heteroatoms. The Morgan fingerprint density at radius 2 is 1.89 bits per heavy atom. The highest BCUT2D eigenvalue weighted by Crippen LogP contribution is 2.24. The molecule has 2 aromatic heterocycles. The van der Waals surface area contributed by atoms with E-state index in [4.69, 9.17) is 0 Å². The third-order valence-electron chi connectivity index (χ3n) is 6.17. The zero-order valence-electron chi connectivity index (χ0n) is 17.3. The molecule has 1 saturated carbocycles. The van der Waals surface area contributed by atoms with Crippen molar-refractivity contribution in [3.8, 4) is 0 Å². The molecule has 0 aromatic carbocycles. The van der Waals surface area contributed by atoms with E-state index in [1.807, 2.05) is 17.3 Å². The van der Waals surface area contributed by atoms with Gasteiger partial charge < -0.3 is 9.47 Å². The average Bonchev–Trinajstić information content (AvgIpc) is 2.94. The fourth-order valence-electron chi connectivity index (χ4n) is 4.73. The molecule has 0 bridgehead atoms. The number of nitrogens with zero attached hydrogens (tertiary/aromatic N) is 5. The number of hydrogen-bond donors (Lipinski definition) is 0. The third kappa shape index (κ3) is 4.22. The first-order chi connectivity index (χ1) is 13.6. The van der Waals surface area contributed by atoms with Crippen molar-refractivity contribution >= 4 is 17.1 Å². The van der Waals surface area contributed by atoms with E-state index in [-0.39, 0.29) is 5.91 Å². The predicted molar refractivity (Wildman–Crippen MR) is 111 cm³/mol. The summed E-state index contributed by atoms with van der Waals surface area (Å²) in [6.07, 6.45) is 11.4. The molecule has 0 spiro atoms. The number of aromatic nitrogens is 3. The van der Waals surface area contributed by atoms with Gasteiger partial charge in [0.05, 0.1) is 11.9 Å². The van der Waals surface area contributed by atoms with E-state index >= 15 is 0 Å². The number of imidazole rings is 1. The van der Waals surface area contributed by atoms with Crippen LogP contribution in [-0.2, 0) is 6.54 Å². The molecule has 4 rings (SSSR count). The van der Waals surface area contributed by atoms with Crippen LogP contribution in [0, 0.1) is 5.92 Å². The van der Waals surface area contributed by atoms with Crippen LogP contribution in [0.2, 0.25) is 0 Å². The van der Waals surface area contributed by atoms with E-state index in [1.165, 1.54) is 32.1 Å². The van der Waals surface area contributed by atoms with Crippen LogP contribution in [0.3, 0.4) is 0 Å². The smallest absolute Gasteiger partial charge is 0.255 e. The predicted octanol–water partition coefficient (Wildman–Crippen LogP) is 3.57. The van der Waals surface area contributed by atoms with E-state index in [0.29, 0.717) is 11.5 Å². The fourth-order valence-corrected chi connectivity index (χ4v) is 4.73. The number of hydrogen-bond acceptors (Lipinski definition) is 4. The largest absolute Gasteiger partial charge is 0.337 e. The molecule has 152 valence electrons. The number of carbonyl (C=O) groups is 1. The lowest BCUT2D eigenvalue weighted by molar-refractivity contribution is 0.0754. The van der Waals surface area contributed by atoms with E-state index in [0.717, 1.165) is 56.4 Å². The highest BCUT2D eigenvalue weighted by Gasteiger charge is 2.26. The Morgan fingerprint density at radius 1 is 1.07 bits per heavy atom. The number of amides is 1. The summed E-state index contributed by atoms with van der Waals surface area (Å²) in [4.78, 5) is 26.8. The summed E-state index contributed by atoms with van der Waals surface area (Å²) in [5, 5.41) is 0. The summed E-state index contributed by atoms with van der Waals surface area (Å²) in [5.74, 6) is 0.628. The molecule has 6 nitrogen and oxygen atoms in total. The van der Waals surface area contributed by atoms with Crippen molar-refractivity contribution in [3.05, 3.63) is 24.2 Å². The minimum Gasteiger partial charge on any atom is -0.337 e. The molecule has 1 saturated heterocycles.